The Hall–Kier alpha value is -2.08. The van der Waals surface area contributed by atoms with Gasteiger partial charge in [0.1, 0.15) is 5.69 Å². The summed E-state index contributed by atoms with van der Waals surface area (Å²) in [6.45, 7) is 11.9. The molecule has 3 aromatic rings. The van der Waals surface area contributed by atoms with Crippen molar-refractivity contribution in [3.05, 3.63) is 70.4 Å². The zero-order chi connectivity index (χ0) is 22.4. The van der Waals surface area contributed by atoms with E-state index < -0.39 is 8.32 Å². The fourth-order valence-electron chi connectivity index (χ4n) is 4.02. The van der Waals surface area contributed by atoms with Crippen molar-refractivity contribution in [1.29, 1.82) is 0 Å². The van der Waals surface area contributed by atoms with Crippen LogP contribution < -0.4 is 5.32 Å². The molecule has 2 N–H and O–H groups in total. The number of carbonyl (C=O) groups excluding carboxylic acids is 1. The second-order valence-electron chi connectivity index (χ2n) is 10.1. The molecule has 1 amide bonds. The maximum absolute atomic E-state index is 13.1. The van der Waals surface area contributed by atoms with Crippen LogP contribution in [0.4, 0.5) is 0 Å². The molecule has 31 heavy (non-hydrogen) atoms. The Morgan fingerprint density at radius 2 is 1.94 bits per heavy atom. The molecule has 4 nitrogen and oxygen atoms in total. The molecule has 0 radical (unpaired) electrons. The van der Waals surface area contributed by atoms with Gasteiger partial charge in [-0.2, -0.15) is 0 Å². The standard InChI is InChI=1S/C25H31ClN2O2Si/c1-25(2,3)31(4,5)30-15-20-19-9-7-6-8-16(19)13-22(20)28-24(29)23-14-17-12-18(26)10-11-21(17)27-23/h6-12,14,20,22,27H,13,15H2,1-5H3,(H,28,29)/t20-,22-/m1/s1. The lowest BCUT2D eigenvalue weighted by Crippen LogP contribution is -2.44. The Bertz CT molecular complexity index is 1120. The molecule has 0 aliphatic heterocycles. The Balaban J connectivity index is 1.54. The van der Waals surface area contributed by atoms with Crippen molar-refractivity contribution in [2.24, 2.45) is 0 Å². The van der Waals surface area contributed by atoms with Gasteiger partial charge in [0.25, 0.3) is 5.91 Å². The number of halogens is 1. The van der Waals surface area contributed by atoms with Crippen molar-refractivity contribution >= 4 is 36.7 Å². The second kappa shape index (κ2) is 8.12. The summed E-state index contributed by atoms with van der Waals surface area (Å²) in [5, 5.41) is 5.02. The van der Waals surface area contributed by atoms with E-state index in [0.717, 1.165) is 17.3 Å². The first-order valence-corrected chi connectivity index (χ1v) is 14.1. The predicted octanol–water partition coefficient (Wildman–Crippen LogP) is 6.28. The second-order valence-corrected chi connectivity index (χ2v) is 15.3. The minimum absolute atomic E-state index is 0.00432. The summed E-state index contributed by atoms with van der Waals surface area (Å²) in [6.07, 6.45) is 0.819. The van der Waals surface area contributed by atoms with E-state index in [1.54, 1.807) is 0 Å². The van der Waals surface area contributed by atoms with Crippen molar-refractivity contribution in [3.8, 4) is 0 Å². The van der Waals surface area contributed by atoms with Gasteiger partial charge >= 0.3 is 0 Å². The highest BCUT2D eigenvalue weighted by Gasteiger charge is 2.40. The number of H-pyrrole nitrogens is 1. The Kier molecular flexibility index (Phi) is 5.79. The third-order valence-corrected chi connectivity index (χ3v) is 11.7. The summed E-state index contributed by atoms with van der Waals surface area (Å²) in [5.41, 5.74) is 4.04. The van der Waals surface area contributed by atoms with Crippen molar-refractivity contribution in [1.82, 2.24) is 10.3 Å². The van der Waals surface area contributed by atoms with Crippen molar-refractivity contribution < 1.29 is 9.22 Å². The summed E-state index contributed by atoms with van der Waals surface area (Å²) in [4.78, 5) is 16.3. The Morgan fingerprint density at radius 3 is 2.68 bits per heavy atom. The molecule has 0 saturated carbocycles. The Labute approximate surface area is 190 Å². The first kappa shape index (κ1) is 22.1. The van der Waals surface area contributed by atoms with Crippen LogP contribution in [-0.4, -0.2) is 31.9 Å². The van der Waals surface area contributed by atoms with Gasteiger partial charge in [-0.15, -0.1) is 0 Å². The van der Waals surface area contributed by atoms with E-state index >= 15 is 0 Å². The zero-order valence-electron chi connectivity index (χ0n) is 18.9. The number of aromatic nitrogens is 1. The van der Waals surface area contributed by atoms with Gasteiger partial charge in [-0.25, -0.2) is 0 Å². The van der Waals surface area contributed by atoms with E-state index in [2.05, 4.69) is 68.4 Å². The van der Waals surface area contributed by atoms with Crippen molar-refractivity contribution in [2.75, 3.05) is 6.61 Å². The van der Waals surface area contributed by atoms with Gasteiger partial charge in [-0.1, -0.05) is 56.6 Å². The fraction of sp³-hybridized carbons (Fsp3) is 0.400. The molecule has 1 heterocycles. The molecule has 0 bridgehead atoms. The SMILES string of the molecule is CC(C)(C)[Si](C)(C)OC[C@@H]1c2ccccc2C[C@H]1NC(=O)c1cc2cc(Cl)ccc2[nH]1. The summed E-state index contributed by atoms with van der Waals surface area (Å²) in [7, 11) is -1.89. The summed E-state index contributed by atoms with van der Waals surface area (Å²) in [5.74, 6) is 0.0514. The van der Waals surface area contributed by atoms with Crippen LogP contribution in [0.15, 0.2) is 48.5 Å². The number of aromatic amines is 1. The van der Waals surface area contributed by atoms with Crippen molar-refractivity contribution in [2.45, 2.75) is 57.3 Å². The highest BCUT2D eigenvalue weighted by atomic mass is 35.5. The van der Waals surface area contributed by atoms with Gasteiger partial charge < -0.3 is 14.7 Å². The highest BCUT2D eigenvalue weighted by molar-refractivity contribution is 6.74. The first-order valence-electron chi connectivity index (χ1n) is 10.9. The lowest BCUT2D eigenvalue weighted by Gasteiger charge is -2.37. The van der Waals surface area contributed by atoms with Gasteiger partial charge in [-0.3, -0.25) is 4.79 Å². The maximum Gasteiger partial charge on any atom is 0.267 e. The van der Waals surface area contributed by atoms with E-state index in [0.29, 0.717) is 17.3 Å². The van der Waals surface area contributed by atoms with Crippen molar-refractivity contribution in [3.63, 3.8) is 0 Å². The smallest absolute Gasteiger partial charge is 0.267 e. The van der Waals surface area contributed by atoms with Crippen LogP contribution in [0.2, 0.25) is 23.2 Å². The molecule has 0 spiro atoms. The molecular weight excluding hydrogens is 424 g/mol. The first-order chi connectivity index (χ1) is 14.5. The van der Waals surface area contributed by atoms with E-state index in [4.69, 9.17) is 16.0 Å². The number of carbonyl (C=O) groups is 1. The maximum atomic E-state index is 13.1. The monoisotopic (exact) mass is 454 g/mol. The minimum atomic E-state index is -1.89. The van der Waals surface area contributed by atoms with Gasteiger partial charge in [0.15, 0.2) is 8.32 Å². The van der Waals surface area contributed by atoms with Gasteiger partial charge in [0.2, 0.25) is 0 Å². The van der Waals surface area contributed by atoms with Gasteiger partial charge in [0.05, 0.1) is 0 Å². The molecule has 1 aliphatic rings. The van der Waals surface area contributed by atoms with E-state index in [1.165, 1.54) is 11.1 Å². The van der Waals surface area contributed by atoms with Crippen LogP contribution in [0.25, 0.3) is 10.9 Å². The number of nitrogens with one attached hydrogen (secondary N) is 2. The molecule has 0 saturated heterocycles. The molecule has 0 fully saturated rings. The summed E-state index contributed by atoms with van der Waals surface area (Å²) >= 11 is 6.09. The fourth-order valence-corrected chi connectivity index (χ4v) is 5.23. The van der Waals surface area contributed by atoms with E-state index in [9.17, 15) is 4.79 Å². The number of amides is 1. The van der Waals surface area contributed by atoms with Crippen LogP contribution in [-0.2, 0) is 10.8 Å². The number of hydrogen-bond donors (Lipinski definition) is 2. The van der Waals surface area contributed by atoms with E-state index in [1.807, 2.05) is 24.3 Å². The highest BCUT2D eigenvalue weighted by Crippen LogP contribution is 2.39. The number of hydrogen-bond acceptors (Lipinski definition) is 2. The normalized spacial score (nSPS) is 18.9. The largest absolute Gasteiger partial charge is 0.416 e. The van der Waals surface area contributed by atoms with Crippen LogP contribution in [0.3, 0.4) is 0 Å². The average molecular weight is 455 g/mol. The Morgan fingerprint density at radius 1 is 1.19 bits per heavy atom. The molecule has 2 atom stereocenters. The number of benzene rings is 2. The van der Waals surface area contributed by atoms with Gasteiger partial charge in [-0.05, 0) is 59.9 Å². The summed E-state index contributed by atoms with van der Waals surface area (Å²) in [6, 6.07) is 15.9. The number of fused-ring (bicyclic) bond motifs is 2. The van der Waals surface area contributed by atoms with Crippen LogP contribution in [0.1, 0.15) is 48.3 Å². The third kappa shape index (κ3) is 4.45. The van der Waals surface area contributed by atoms with Crippen LogP contribution >= 0.6 is 11.6 Å². The van der Waals surface area contributed by atoms with Crippen LogP contribution in [0, 0.1) is 0 Å². The molecule has 1 aromatic heterocycles. The lowest BCUT2D eigenvalue weighted by atomic mass is 9.99. The molecule has 6 heteroatoms. The zero-order valence-corrected chi connectivity index (χ0v) is 20.6. The lowest BCUT2D eigenvalue weighted by molar-refractivity contribution is 0.0923. The molecule has 164 valence electrons. The minimum Gasteiger partial charge on any atom is -0.416 e. The topological polar surface area (TPSA) is 54.1 Å². The molecule has 2 aromatic carbocycles. The average Bonchev–Trinajstić information content (AvgIpc) is 3.26. The quantitative estimate of drug-likeness (QED) is 0.445. The van der Waals surface area contributed by atoms with Crippen LogP contribution in [0.5, 0.6) is 0 Å². The predicted molar refractivity (Wildman–Crippen MR) is 131 cm³/mol. The molecule has 1 aliphatic carbocycles. The summed E-state index contributed by atoms with van der Waals surface area (Å²) < 4.78 is 6.58. The third-order valence-electron chi connectivity index (χ3n) is 6.95. The van der Waals surface area contributed by atoms with E-state index in [-0.39, 0.29) is 22.9 Å². The molecular formula is C25H31ClN2O2Si. The molecule has 0 unspecified atom stereocenters. The van der Waals surface area contributed by atoms with Gasteiger partial charge in [0, 0.05) is 34.5 Å². The number of rotatable bonds is 5. The molecule has 4 rings (SSSR count).